The van der Waals surface area contributed by atoms with Gasteiger partial charge in [0.25, 0.3) is 5.91 Å². The maximum atomic E-state index is 13.2. The number of rotatable bonds is 7. The van der Waals surface area contributed by atoms with Crippen molar-refractivity contribution in [3.8, 4) is 5.75 Å². The first-order valence-corrected chi connectivity index (χ1v) is 11.6. The Labute approximate surface area is 191 Å². The highest BCUT2D eigenvalue weighted by Gasteiger charge is 2.23. The van der Waals surface area contributed by atoms with E-state index in [2.05, 4.69) is 30.9 Å². The number of ether oxygens (including phenoxy) is 2. The van der Waals surface area contributed by atoms with Crippen LogP contribution in [0.2, 0.25) is 5.02 Å². The lowest BCUT2D eigenvalue weighted by Crippen LogP contribution is -2.44. The molecule has 2 heterocycles. The molecule has 0 saturated carbocycles. The predicted molar refractivity (Wildman–Crippen MR) is 126 cm³/mol. The van der Waals surface area contributed by atoms with E-state index in [1.165, 1.54) is 5.56 Å². The number of carbonyl (C=O) groups excluding carboxylic acids is 1. The van der Waals surface area contributed by atoms with Gasteiger partial charge in [-0.05, 0) is 49.2 Å². The molecule has 0 unspecified atom stereocenters. The van der Waals surface area contributed by atoms with E-state index >= 15 is 0 Å². The lowest BCUT2D eigenvalue weighted by atomic mass is 10.1. The van der Waals surface area contributed by atoms with Crippen LogP contribution in [0.1, 0.15) is 11.1 Å². The molecule has 0 radical (unpaired) electrons. The topological polar surface area (TPSA) is 54.9 Å². The SMILES string of the molecule is Cc1ccc(C)c2sc(N(CCN3CCOCC3)C(=O)COc3ccc(Cl)cc3)nc12. The van der Waals surface area contributed by atoms with E-state index in [9.17, 15) is 4.79 Å². The molecule has 1 amide bonds. The third-order valence-electron chi connectivity index (χ3n) is 5.38. The van der Waals surface area contributed by atoms with E-state index in [0.717, 1.165) is 48.6 Å². The first kappa shape index (κ1) is 22.0. The van der Waals surface area contributed by atoms with Gasteiger partial charge in [-0.3, -0.25) is 14.6 Å². The highest BCUT2D eigenvalue weighted by molar-refractivity contribution is 7.22. The van der Waals surface area contributed by atoms with E-state index in [1.54, 1.807) is 40.5 Å². The van der Waals surface area contributed by atoms with Crippen molar-refractivity contribution in [2.75, 3.05) is 50.9 Å². The van der Waals surface area contributed by atoms with Crippen LogP contribution in [-0.4, -0.2) is 61.8 Å². The highest BCUT2D eigenvalue weighted by atomic mass is 35.5. The highest BCUT2D eigenvalue weighted by Crippen LogP contribution is 2.33. The van der Waals surface area contributed by atoms with Crippen LogP contribution in [0.3, 0.4) is 0 Å². The Bertz CT molecular complexity index is 1010. The lowest BCUT2D eigenvalue weighted by molar-refractivity contribution is -0.120. The Morgan fingerprint density at radius 1 is 1.16 bits per heavy atom. The van der Waals surface area contributed by atoms with Crippen molar-refractivity contribution >= 4 is 44.2 Å². The number of benzene rings is 2. The Morgan fingerprint density at radius 3 is 2.58 bits per heavy atom. The van der Waals surface area contributed by atoms with Crippen molar-refractivity contribution in [1.82, 2.24) is 9.88 Å². The summed E-state index contributed by atoms with van der Waals surface area (Å²) >= 11 is 7.50. The largest absolute Gasteiger partial charge is 0.484 e. The summed E-state index contributed by atoms with van der Waals surface area (Å²) in [6.07, 6.45) is 0. The fraction of sp³-hybridized carbons (Fsp3) is 0.391. The number of halogens is 1. The molecule has 1 fully saturated rings. The average Bonchev–Trinajstić information content (AvgIpc) is 3.23. The van der Waals surface area contributed by atoms with Crippen LogP contribution in [0.4, 0.5) is 5.13 Å². The van der Waals surface area contributed by atoms with Crippen LogP contribution in [0.5, 0.6) is 5.75 Å². The summed E-state index contributed by atoms with van der Waals surface area (Å²) in [7, 11) is 0. The van der Waals surface area contributed by atoms with Gasteiger partial charge < -0.3 is 9.47 Å². The Hall–Kier alpha value is -2.19. The third kappa shape index (κ3) is 5.36. The van der Waals surface area contributed by atoms with Crippen LogP contribution >= 0.6 is 22.9 Å². The van der Waals surface area contributed by atoms with Crippen molar-refractivity contribution < 1.29 is 14.3 Å². The normalized spacial score (nSPS) is 14.7. The van der Waals surface area contributed by atoms with Crippen LogP contribution in [0, 0.1) is 13.8 Å². The molecule has 8 heteroatoms. The number of carbonyl (C=O) groups is 1. The molecule has 31 heavy (non-hydrogen) atoms. The summed E-state index contributed by atoms with van der Waals surface area (Å²) in [6.45, 7) is 8.61. The minimum Gasteiger partial charge on any atom is -0.484 e. The number of nitrogens with zero attached hydrogens (tertiary/aromatic N) is 3. The molecular weight excluding hydrogens is 434 g/mol. The second kappa shape index (κ2) is 9.96. The van der Waals surface area contributed by atoms with Crippen LogP contribution in [-0.2, 0) is 9.53 Å². The number of amides is 1. The standard InChI is InChI=1S/C23H26ClN3O3S/c1-16-3-4-17(2)22-21(16)25-23(31-22)27(10-9-26-11-13-29-14-12-26)20(28)15-30-19-7-5-18(24)6-8-19/h3-8H,9-15H2,1-2H3. The molecule has 6 nitrogen and oxygen atoms in total. The summed E-state index contributed by atoms with van der Waals surface area (Å²) < 4.78 is 12.3. The number of aromatic nitrogens is 1. The van der Waals surface area contributed by atoms with Crippen LogP contribution in [0.15, 0.2) is 36.4 Å². The summed E-state index contributed by atoms with van der Waals surface area (Å²) in [4.78, 5) is 22.1. The number of thiazole rings is 1. The van der Waals surface area contributed by atoms with Crippen molar-refractivity contribution in [3.63, 3.8) is 0 Å². The molecule has 1 aromatic heterocycles. The molecule has 4 rings (SSSR count). The molecule has 0 aliphatic carbocycles. The second-order valence-electron chi connectivity index (χ2n) is 7.62. The Balaban J connectivity index is 1.54. The summed E-state index contributed by atoms with van der Waals surface area (Å²) in [5, 5.41) is 1.34. The molecule has 0 bridgehead atoms. The molecule has 164 valence electrons. The van der Waals surface area contributed by atoms with E-state index in [-0.39, 0.29) is 12.5 Å². The molecule has 1 aliphatic heterocycles. The zero-order valence-electron chi connectivity index (χ0n) is 17.8. The zero-order chi connectivity index (χ0) is 21.8. The van der Waals surface area contributed by atoms with Gasteiger partial charge in [0, 0.05) is 31.2 Å². The minimum absolute atomic E-state index is 0.0569. The van der Waals surface area contributed by atoms with E-state index in [1.807, 2.05) is 0 Å². The summed E-state index contributed by atoms with van der Waals surface area (Å²) in [5.74, 6) is 0.499. The van der Waals surface area contributed by atoms with Gasteiger partial charge in [-0.25, -0.2) is 4.98 Å². The Morgan fingerprint density at radius 2 is 1.87 bits per heavy atom. The van der Waals surface area contributed by atoms with Crippen LogP contribution < -0.4 is 9.64 Å². The quantitative estimate of drug-likeness (QED) is 0.527. The molecule has 0 atom stereocenters. The van der Waals surface area contributed by atoms with Crippen molar-refractivity contribution in [3.05, 3.63) is 52.5 Å². The van der Waals surface area contributed by atoms with Gasteiger partial charge in [0.2, 0.25) is 0 Å². The summed E-state index contributed by atoms with van der Waals surface area (Å²) in [5.41, 5.74) is 3.24. The van der Waals surface area contributed by atoms with Gasteiger partial charge >= 0.3 is 0 Å². The van der Waals surface area contributed by atoms with Crippen molar-refractivity contribution in [1.29, 1.82) is 0 Å². The average molecular weight is 460 g/mol. The smallest absolute Gasteiger partial charge is 0.266 e. The number of hydrogen-bond acceptors (Lipinski definition) is 6. The lowest BCUT2D eigenvalue weighted by Gasteiger charge is -2.29. The van der Waals surface area contributed by atoms with Gasteiger partial charge in [-0.2, -0.15) is 0 Å². The second-order valence-corrected chi connectivity index (χ2v) is 9.03. The maximum Gasteiger partial charge on any atom is 0.266 e. The van der Waals surface area contributed by atoms with Crippen LogP contribution in [0.25, 0.3) is 10.2 Å². The van der Waals surface area contributed by atoms with E-state index < -0.39 is 0 Å². The van der Waals surface area contributed by atoms with Gasteiger partial charge in [0.05, 0.1) is 23.4 Å². The first-order chi connectivity index (χ1) is 15.0. The van der Waals surface area contributed by atoms with Gasteiger partial charge in [0.15, 0.2) is 11.7 Å². The Kier molecular flexibility index (Phi) is 7.07. The minimum atomic E-state index is -0.113. The number of hydrogen-bond donors (Lipinski definition) is 0. The zero-order valence-corrected chi connectivity index (χ0v) is 19.3. The number of morpholine rings is 1. The van der Waals surface area contributed by atoms with Crippen molar-refractivity contribution in [2.45, 2.75) is 13.8 Å². The fourth-order valence-corrected chi connectivity index (χ4v) is 4.79. The molecule has 3 aromatic rings. The summed E-state index contributed by atoms with van der Waals surface area (Å²) in [6, 6.07) is 11.2. The number of anilines is 1. The van der Waals surface area contributed by atoms with Gasteiger partial charge in [-0.15, -0.1) is 0 Å². The molecule has 2 aromatic carbocycles. The monoisotopic (exact) mass is 459 g/mol. The van der Waals surface area contributed by atoms with Crippen molar-refractivity contribution in [2.24, 2.45) is 0 Å². The predicted octanol–water partition coefficient (Wildman–Crippen LogP) is 4.31. The fourth-order valence-electron chi connectivity index (χ4n) is 3.51. The molecule has 0 spiro atoms. The van der Waals surface area contributed by atoms with Gasteiger partial charge in [-0.1, -0.05) is 35.1 Å². The number of aryl methyl sites for hydroxylation is 2. The maximum absolute atomic E-state index is 13.2. The molecular formula is C23H26ClN3O3S. The molecule has 1 saturated heterocycles. The van der Waals surface area contributed by atoms with E-state index in [4.69, 9.17) is 26.1 Å². The van der Waals surface area contributed by atoms with E-state index in [0.29, 0.717) is 22.4 Å². The first-order valence-electron chi connectivity index (χ1n) is 10.4. The third-order valence-corrected chi connectivity index (χ3v) is 6.85. The molecule has 0 N–H and O–H groups in total. The number of fused-ring (bicyclic) bond motifs is 1. The van der Waals surface area contributed by atoms with Gasteiger partial charge in [0.1, 0.15) is 5.75 Å². The molecule has 1 aliphatic rings.